The van der Waals surface area contributed by atoms with Crippen LogP contribution in [-0.4, -0.2) is 72.1 Å². The van der Waals surface area contributed by atoms with Gasteiger partial charge in [0.2, 0.25) is 0 Å². The van der Waals surface area contributed by atoms with E-state index in [0.29, 0.717) is 41.7 Å². The van der Waals surface area contributed by atoms with E-state index in [2.05, 4.69) is 49.0 Å². The molecule has 10 heteroatoms. The molecule has 7 rings (SSSR count). The minimum atomic E-state index is -0.435. The normalized spacial score (nSPS) is 21.5. The average Bonchev–Trinajstić information content (AvgIpc) is 3.42. The van der Waals surface area contributed by atoms with E-state index in [1.807, 2.05) is 11.5 Å². The lowest BCUT2D eigenvalue weighted by molar-refractivity contribution is 0.117. The van der Waals surface area contributed by atoms with Crippen molar-refractivity contribution in [3.8, 4) is 17.4 Å². The number of benzene rings is 1. The van der Waals surface area contributed by atoms with E-state index in [0.717, 1.165) is 24.2 Å². The number of nitrogens with zero attached hydrogens (tertiary/aromatic N) is 7. The molecule has 0 unspecified atom stereocenters. The maximum absolute atomic E-state index is 14.1. The summed E-state index contributed by atoms with van der Waals surface area (Å²) in [6.07, 6.45) is 6.85. The van der Waals surface area contributed by atoms with Gasteiger partial charge in [-0.15, -0.1) is 0 Å². The van der Waals surface area contributed by atoms with Gasteiger partial charge in [0.15, 0.2) is 17.0 Å². The summed E-state index contributed by atoms with van der Waals surface area (Å²) >= 11 is 0. The highest BCUT2D eigenvalue weighted by Crippen LogP contribution is 2.39. The standard InChI is InChI=1S/C28H31FN8O/c1-2-38-28-33-25(30)24-27(34-28)37(26(32-24)19-9-20(29)12-31-11-19)14-18-5-3-17(4-6-18)13-35-15-23-10-22(35)16-36(23)21-7-8-21/h3-6,9,11-12,21-23H,2,7-8,10,13-16H2,1H3,(H2,30,33,34)/t22-,23-/m0/s1. The second-order valence-corrected chi connectivity index (χ2v) is 10.6. The molecule has 2 atom stereocenters. The number of hydrogen-bond acceptors (Lipinski definition) is 8. The maximum atomic E-state index is 14.1. The van der Waals surface area contributed by atoms with Crippen LogP contribution in [0.25, 0.3) is 22.6 Å². The number of ether oxygens (including phenoxy) is 1. The zero-order chi connectivity index (χ0) is 25.8. The van der Waals surface area contributed by atoms with Crippen LogP contribution in [0, 0.1) is 5.82 Å². The van der Waals surface area contributed by atoms with Gasteiger partial charge in [0.1, 0.15) is 11.6 Å². The molecule has 3 aliphatic rings. The van der Waals surface area contributed by atoms with Crippen LogP contribution in [0.2, 0.25) is 0 Å². The van der Waals surface area contributed by atoms with Gasteiger partial charge < -0.3 is 15.0 Å². The number of hydrogen-bond donors (Lipinski definition) is 1. The number of nitrogen functional groups attached to an aromatic ring is 1. The number of rotatable bonds is 8. The summed E-state index contributed by atoms with van der Waals surface area (Å²) in [5.41, 5.74) is 10.1. The number of aromatic nitrogens is 5. The molecule has 0 radical (unpaired) electrons. The zero-order valence-electron chi connectivity index (χ0n) is 21.4. The van der Waals surface area contributed by atoms with Crippen LogP contribution in [0.3, 0.4) is 0 Å². The van der Waals surface area contributed by atoms with Gasteiger partial charge in [-0.1, -0.05) is 24.3 Å². The van der Waals surface area contributed by atoms with E-state index in [9.17, 15) is 4.39 Å². The SMILES string of the molecule is CCOc1nc(N)c2nc(-c3cncc(F)c3)n(Cc3ccc(CN4C[C@@H]5C[C@H]4CN5C4CC4)cc3)c2n1. The molecule has 2 aliphatic heterocycles. The molecule has 4 aromatic rings. The number of nitrogens with two attached hydrogens (primary N) is 1. The van der Waals surface area contributed by atoms with Crippen molar-refractivity contribution in [1.82, 2.24) is 34.3 Å². The molecule has 1 saturated carbocycles. The van der Waals surface area contributed by atoms with E-state index in [-0.39, 0.29) is 11.8 Å². The van der Waals surface area contributed by atoms with Crippen molar-refractivity contribution in [1.29, 1.82) is 0 Å². The second-order valence-electron chi connectivity index (χ2n) is 10.6. The molecule has 196 valence electrons. The predicted molar refractivity (Wildman–Crippen MR) is 142 cm³/mol. The topological polar surface area (TPSA) is 98.2 Å². The van der Waals surface area contributed by atoms with Gasteiger partial charge in [-0.3, -0.25) is 14.8 Å². The van der Waals surface area contributed by atoms with Crippen molar-refractivity contribution in [2.24, 2.45) is 0 Å². The Balaban J connectivity index is 1.16. The molecule has 2 N–H and O–H groups in total. The Morgan fingerprint density at radius 2 is 1.76 bits per heavy atom. The first-order chi connectivity index (χ1) is 18.6. The summed E-state index contributed by atoms with van der Waals surface area (Å²) in [6, 6.07) is 12.6. The van der Waals surface area contributed by atoms with Gasteiger partial charge in [0, 0.05) is 49.5 Å². The molecule has 0 amide bonds. The van der Waals surface area contributed by atoms with Crippen molar-refractivity contribution < 1.29 is 9.13 Å². The fourth-order valence-corrected chi connectivity index (χ4v) is 6.09. The highest BCUT2D eigenvalue weighted by molar-refractivity contribution is 5.85. The van der Waals surface area contributed by atoms with E-state index in [1.54, 1.807) is 6.20 Å². The van der Waals surface area contributed by atoms with E-state index >= 15 is 0 Å². The zero-order valence-corrected chi connectivity index (χ0v) is 21.4. The lowest BCUT2D eigenvalue weighted by Crippen LogP contribution is -2.46. The summed E-state index contributed by atoms with van der Waals surface area (Å²) in [5.74, 6) is 0.313. The van der Waals surface area contributed by atoms with Gasteiger partial charge in [-0.25, -0.2) is 9.37 Å². The molecule has 3 aromatic heterocycles. The second kappa shape index (κ2) is 9.28. The molecule has 2 saturated heterocycles. The van der Waals surface area contributed by atoms with E-state index in [1.165, 1.54) is 50.2 Å². The summed E-state index contributed by atoms with van der Waals surface area (Å²) in [5, 5.41) is 0. The van der Waals surface area contributed by atoms with Gasteiger partial charge in [0.25, 0.3) is 0 Å². The summed E-state index contributed by atoms with van der Waals surface area (Å²) < 4.78 is 21.5. The number of anilines is 1. The van der Waals surface area contributed by atoms with Crippen LogP contribution >= 0.6 is 0 Å². The Kier molecular flexibility index (Phi) is 5.74. The summed E-state index contributed by atoms with van der Waals surface area (Å²) in [4.78, 5) is 22.9. The highest BCUT2D eigenvalue weighted by atomic mass is 19.1. The smallest absolute Gasteiger partial charge is 0.320 e. The maximum Gasteiger partial charge on any atom is 0.320 e. The van der Waals surface area contributed by atoms with Gasteiger partial charge in [0.05, 0.1) is 19.3 Å². The van der Waals surface area contributed by atoms with Gasteiger partial charge in [-0.05, 0) is 43.4 Å². The molecule has 38 heavy (non-hydrogen) atoms. The van der Waals surface area contributed by atoms with E-state index < -0.39 is 5.82 Å². The molecule has 1 aromatic carbocycles. The van der Waals surface area contributed by atoms with Crippen LogP contribution < -0.4 is 10.5 Å². The first-order valence-electron chi connectivity index (χ1n) is 13.4. The molecule has 5 heterocycles. The van der Waals surface area contributed by atoms with Gasteiger partial charge in [-0.2, -0.15) is 9.97 Å². The fourth-order valence-electron chi connectivity index (χ4n) is 6.09. The quantitative estimate of drug-likeness (QED) is 0.382. The largest absolute Gasteiger partial charge is 0.464 e. The Labute approximate surface area is 220 Å². The molecule has 9 nitrogen and oxygen atoms in total. The fraction of sp³-hybridized carbons (Fsp3) is 0.429. The third kappa shape index (κ3) is 4.27. The highest BCUT2D eigenvalue weighted by Gasteiger charge is 2.47. The van der Waals surface area contributed by atoms with Crippen molar-refractivity contribution in [3.05, 3.63) is 59.7 Å². The molecular weight excluding hydrogens is 483 g/mol. The third-order valence-electron chi connectivity index (χ3n) is 8.00. The molecular formula is C28H31FN8O. The van der Waals surface area contributed by atoms with Gasteiger partial charge >= 0.3 is 6.01 Å². The third-order valence-corrected chi connectivity index (χ3v) is 8.00. The summed E-state index contributed by atoms with van der Waals surface area (Å²) in [7, 11) is 0. The first kappa shape index (κ1) is 23.5. The number of likely N-dealkylation sites (tertiary alicyclic amines) is 2. The Bertz CT molecular complexity index is 1480. The molecule has 3 fully saturated rings. The number of imidazole rings is 1. The molecule has 1 aliphatic carbocycles. The molecule has 0 spiro atoms. The van der Waals surface area contributed by atoms with Crippen molar-refractivity contribution in [3.63, 3.8) is 0 Å². The average molecular weight is 515 g/mol. The Hall–Kier alpha value is -3.63. The van der Waals surface area contributed by atoms with Crippen LogP contribution in [0.1, 0.15) is 37.3 Å². The Morgan fingerprint density at radius 3 is 2.45 bits per heavy atom. The minimum absolute atomic E-state index is 0.193. The predicted octanol–water partition coefficient (Wildman–Crippen LogP) is 3.48. The summed E-state index contributed by atoms with van der Waals surface area (Å²) in [6.45, 7) is 6.15. The van der Waals surface area contributed by atoms with Crippen LogP contribution in [0.5, 0.6) is 6.01 Å². The number of fused-ring (bicyclic) bond motifs is 3. The van der Waals surface area contributed by atoms with Crippen molar-refractivity contribution in [2.75, 3.05) is 25.4 Å². The monoisotopic (exact) mass is 514 g/mol. The number of piperazine rings is 1. The Morgan fingerprint density at radius 1 is 0.974 bits per heavy atom. The van der Waals surface area contributed by atoms with Crippen LogP contribution in [-0.2, 0) is 13.1 Å². The van der Waals surface area contributed by atoms with Crippen LogP contribution in [0.4, 0.5) is 10.2 Å². The van der Waals surface area contributed by atoms with Crippen molar-refractivity contribution in [2.45, 2.75) is 57.4 Å². The minimum Gasteiger partial charge on any atom is -0.464 e. The molecule has 2 bridgehead atoms. The number of pyridine rings is 1. The van der Waals surface area contributed by atoms with Crippen molar-refractivity contribution >= 4 is 17.0 Å². The van der Waals surface area contributed by atoms with E-state index in [4.69, 9.17) is 15.5 Å². The first-order valence-corrected chi connectivity index (χ1v) is 13.4. The number of halogens is 1. The van der Waals surface area contributed by atoms with Crippen LogP contribution in [0.15, 0.2) is 42.7 Å². The lowest BCUT2D eigenvalue weighted by Gasteiger charge is -2.34. The lowest BCUT2D eigenvalue weighted by atomic mass is 10.1.